The zero-order chi connectivity index (χ0) is 14.6. The Bertz CT molecular complexity index is 430. The summed E-state index contributed by atoms with van der Waals surface area (Å²) in [6.45, 7) is 10.8. The van der Waals surface area contributed by atoms with Crippen LogP contribution < -0.4 is 10.1 Å². The second kappa shape index (κ2) is 6.62. The first-order chi connectivity index (χ1) is 9.47. The molecule has 0 atom stereocenters. The van der Waals surface area contributed by atoms with Crippen LogP contribution in [0.25, 0.3) is 0 Å². The lowest BCUT2D eigenvalue weighted by molar-refractivity contribution is 0.303. The summed E-state index contributed by atoms with van der Waals surface area (Å²) in [5.41, 5.74) is 2.82. The van der Waals surface area contributed by atoms with Gasteiger partial charge in [-0.25, -0.2) is 0 Å². The minimum absolute atomic E-state index is 0.206. The molecule has 0 heterocycles. The molecule has 1 saturated carbocycles. The van der Waals surface area contributed by atoms with Crippen LogP contribution in [0.15, 0.2) is 18.2 Å². The standard InChI is InChI=1S/C18H29NO/c1-14-13-15(18(2,3)4)7-10-17(14)20-12-6-5-11-19-16-8-9-16/h7,10,13,16,19H,5-6,8-9,11-12H2,1-4H3. The van der Waals surface area contributed by atoms with Crippen molar-refractivity contribution in [3.63, 3.8) is 0 Å². The number of hydrogen-bond donors (Lipinski definition) is 1. The van der Waals surface area contributed by atoms with Crippen LogP contribution in [0.5, 0.6) is 5.75 Å². The Labute approximate surface area is 123 Å². The van der Waals surface area contributed by atoms with E-state index in [9.17, 15) is 0 Å². The first-order valence-corrected chi connectivity index (χ1v) is 7.94. The van der Waals surface area contributed by atoms with Gasteiger partial charge in [0.15, 0.2) is 0 Å². The number of nitrogens with one attached hydrogen (secondary N) is 1. The molecule has 0 saturated heterocycles. The predicted molar refractivity (Wildman–Crippen MR) is 85.6 cm³/mol. The van der Waals surface area contributed by atoms with E-state index in [-0.39, 0.29) is 5.41 Å². The number of aryl methyl sites for hydroxylation is 1. The van der Waals surface area contributed by atoms with Crippen LogP contribution in [0.2, 0.25) is 0 Å². The molecule has 0 aromatic heterocycles. The molecule has 20 heavy (non-hydrogen) atoms. The van der Waals surface area contributed by atoms with Crippen molar-refractivity contribution >= 4 is 0 Å². The summed E-state index contributed by atoms with van der Waals surface area (Å²) in [7, 11) is 0. The maximum Gasteiger partial charge on any atom is 0.122 e. The van der Waals surface area contributed by atoms with E-state index in [1.807, 2.05) is 0 Å². The number of unbranched alkanes of at least 4 members (excludes halogenated alkanes) is 1. The summed E-state index contributed by atoms with van der Waals surface area (Å²) in [6.07, 6.45) is 5.07. The molecule has 0 spiro atoms. The smallest absolute Gasteiger partial charge is 0.122 e. The zero-order valence-corrected chi connectivity index (χ0v) is 13.5. The van der Waals surface area contributed by atoms with E-state index in [2.05, 4.69) is 51.2 Å². The summed E-state index contributed by atoms with van der Waals surface area (Å²) in [5, 5.41) is 3.54. The minimum atomic E-state index is 0.206. The van der Waals surface area contributed by atoms with Crippen LogP contribution >= 0.6 is 0 Å². The van der Waals surface area contributed by atoms with Gasteiger partial charge in [0, 0.05) is 6.04 Å². The average molecular weight is 275 g/mol. The molecular formula is C18H29NO. The van der Waals surface area contributed by atoms with Gasteiger partial charge in [0.05, 0.1) is 6.61 Å². The fourth-order valence-corrected chi connectivity index (χ4v) is 2.28. The highest BCUT2D eigenvalue weighted by Gasteiger charge is 2.19. The topological polar surface area (TPSA) is 21.3 Å². The monoisotopic (exact) mass is 275 g/mol. The van der Waals surface area contributed by atoms with Gasteiger partial charge in [0.25, 0.3) is 0 Å². The lowest BCUT2D eigenvalue weighted by atomic mass is 9.86. The first-order valence-electron chi connectivity index (χ1n) is 7.94. The molecule has 0 unspecified atom stereocenters. The third-order valence-electron chi connectivity index (χ3n) is 3.88. The molecule has 1 N–H and O–H groups in total. The average Bonchev–Trinajstić information content (AvgIpc) is 3.18. The van der Waals surface area contributed by atoms with E-state index >= 15 is 0 Å². The van der Waals surface area contributed by atoms with Crippen molar-refractivity contribution < 1.29 is 4.74 Å². The predicted octanol–water partition coefficient (Wildman–Crippen LogP) is 4.20. The second-order valence-electron chi connectivity index (χ2n) is 7.01. The third-order valence-corrected chi connectivity index (χ3v) is 3.88. The summed E-state index contributed by atoms with van der Waals surface area (Å²) in [5.74, 6) is 1.04. The van der Waals surface area contributed by atoms with Gasteiger partial charge < -0.3 is 10.1 Å². The summed E-state index contributed by atoms with van der Waals surface area (Å²) in [4.78, 5) is 0. The van der Waals surface area contributed by atoms with Crippen molar-refractivity contribution in [3.8, 4) is 5.75 Å². The number of benzene rings is 1. The molecule has 1 aromatic carbocycles. The first kappa shape index (κ1) is 15.4. The van der Waals surface area contributed by atoms with Crippen LogP contribution in [-0.2, 0) is 5.41 Å². The molecule has 0 radical (unpaired) electrons. The Balaban J connectivity index is 1.72. The maximum atomic E-state index is 5.90. The van der Waals surface area contributed by atoms with Crippen molar-refractivity contribution in [2.24, 2.45) is 0 Å². The summed E-state index contributed by atoms with van der Waals surface area (Å²) >= 11 is 0. The van der Waals surface area contributed by atoms with Crippen molar-refractivity contribution in [3.05, 3.63) is 29.3 Å². The van der Waals surface area contributed by atoms with E-state index in [1.54, 1.807) is 0 Å². The van der Waals surface area contributed by atoms with Crippen LogP contribution in [0.4, 0.5) is 0 Å². The van der Waals surface area contributed by atoms with Crippen LogP contribution in [-0.4, -0.2) is 19.2 Å². The molecule has 0 bridgehead atoms. The minimum Gasteiger partial charge on any atom is -0.493 e. The number of rotatable bonds is 7. The van der Waals surface area contributed by atoms with Gasteiger partial charge in [-0.3, -0.25) is 0 Å². The highest BCUT2D eigenvalue weighted by atomic mass is 16.5. The van der Waals surface area contributed by atoms with Gasteiger partial charge >= 0.3 is 0 Å². The Morgan fingerprint density at radius 1 is 1.20 bits per heavy atom. The molecule has 112 valence electrons. The SMILES string of the molecule is Cc1cc(C(C)(C)C)ccc1OCCCCNC1CC1. The van der Waals surface area contributed by atoms with Crippen LogP contribution in [0, 0.1) is 6.92 Å². The van der Waals surface area contributed by atoms with Crippen molar-refractivity contribution in [1.29, 1.82) is 0 Å². The van der Waals surface area contributed by atoms with Crippen LogP contribution in [0.1, 0.15) is 57.6 Å². The second-order valence-corrected chi connectivity index (χ2v) is 7.01. The molecular weight excluding hydrogens is 246 g/mol. The van der Waals surface area contributed by atoms with Gasteiger partial charge in [-0.1, -0.05) is 32.9 Å². The quantitative estimate of drug-likeness (QED) is 0.753. The van der Waals surface area contributed by atoms with E-state index in [0.717, 1.165) is 31.4 Å². The van der Waals surface area contributed by atoms with Gasteiger partial charge in [0.2, 0.25) is 0 Å². The van der Waals surface area contributed by atoms with Gasteiger partial charge in [-0.05, 0) is 61.8 Å². The Hall–Kier alpha value is -1.02. The summed E-state index contributed by atoms with van der Waals surface area (Å²) < 4.78 is 5.90. The van der Waals surface area contributed by atoms with Crippen molar-refractivity contribution in [1.82, 2.24) is 5.32 Å². The van der Waals surface area contributed by atoms with E-state index in [1.165, 1.54) is 30.4 Å². The Morgan fingerprint density at radius 2 is 1.95 bits per heavy atom. The molecule has 2 nitrogen and oxygen atoms in total. The lowest BCUT2D eigenvalue weighted by Gasteiger charge is -2.20. The third kappa shape index (κ3) is 4.82. The van der Waals surface area contributed by atoms with Crippen molar-refractivity contribution in [2.75, 3.05) is 13.2 Å². The molecule has 2 heteroatoms. The highest BCUT2D eigenvalue weighted by molar-refractivity contribution is 5.38. The normalized spacial score (nSPS) is 15.4. The number of hydrogen-bond acceptors (Lipinski definition) is 2. The Morgan fingerprint density at radius 3 is 2.55 bits per heavy atom. The summed E-state index contributed by atoms with van der Waals surface area (Å²) in [6, 6.07) is 7.39. The van der Waals surface area contributed by atoms with E-state index < -0.39 is 0 Å². The van der Waals surface area contributed by atoms with Crippen LogP contribution in [0.3, 0.4) is 0 Å². The molecule has 0 amide bonds. The van der Waals surface area contributed by atoms with Gasteiger partial charge in [-0.15, -0.1) is 0 Å². The zero-order valence-electron chi connectivity index (χ0n) is 13.5. The largest absolute Gasteiger partial charge is 0.493 e. The molecule has 2 rings (SSSR count). The van der Waals surface area contributed by atoms with Gasteiger partial charge in [-0.2, -0.15) is 0 Å². The molecule has 0 aliphatic heterocycles. The molecule has 1 aromatic rings. The number of ether oxygens (including phenoxy) is 1. The highest BCUT2D eigenvalue weighted by Crippen LogP contribution is 2.27. The fraction of sp³-hybridized carbons (Fsp3) is 0.667. The maximum absolute atomic E-state index is 5.90. The lowest BCUT2D eigenvalue weighted by Crippen LogP contribution is -2.18. The van der Waals surface area contributed by atoms with Crippen molar-refractivity contribution in [2.45, 2.75) is 64.8 Å². The Kier molecular flexibility index (Phi) is 5.09. The van der Waals surface area contributed by atoms with E-state index in [0.29, 0.717) is 0 Å². The van der Waals surface area contributed by atoms with Gasteiger partial charge in [0.1, 0.15) is 5.75 Å². The van der Waals surface area contributed by atoms with E-state index in [4.69, 9.17) is 4.74 Å². The molecule has 1 aliphatic rings. The fourth-order valence-electron chi connectivity index (χ4n) is 2.28. The molecule has 1 fully saturated rings. The molecule has 1 aliphatic carbocycles.